The Morgan fingerprint density at radius 3 is 1.07 bits per heavy atom. The number of hydrogen-bond acceptors (Lipinski definition) is 12. The molecule has 2 aromatic heterocycles. The van der Waals surface area contributed by atoms with Gasteiger partial charge >= 0.3 is 0 Å². The minimum absolute atomic E-state index is 0.178. The van der Waals surface area contributed by atoms with Crippen LogP contribution in [0.2, 0.25) is 0 Å². The van der Waals surface area contributed by atoms with Crippen molar-refractivity contribution in [3.63, 3.8) is 0 Å². The Morgan fingerprint density at radius 2 is 0.771 bits per heavy atom. The van der Waals surface area contributed by atoms with Crippen LogP contribution in [-0.2, 0) is 34.3 Å². The van der Waals surface area contributed by atoms with Crippen molar-refractivity contribution in [3.05, 3.63) is 192 Å². The van der Waals surface area contributed by atoms with Gasteiger partial charge in [-0.2, -0.15) is 0 Å². The molecule has 4 amide bonds. The summed E-state index contributed by atoms with van der Waals surface area (Å²) in [7, 11) is -1.94. The minimum Gasteiger partial charge on any atom is -0.744 e. The predicted octanol–water partition coefficient (Wildman–Crippen LogP) is 6.16. The van der Waals surface area contributed by atoms with Gasteiger partial charge in [0.15, 0.2) is 24.8 Å². The number of methoxy groups -OCH3 is 2. The lowest BCUT2D eigenvalue weighted by atomic mass is 10.1. The molecular formula is C50H48N6O12S2. The summed E-state index contributed by atoms with van der Waals surface area (Å²) in [6.07, 6.45) is 7.27. The molecule has 0 unspecified atom stereocenters. The fourth-order valence-corrected chi connectivity index (χ4v) is 7.11. The number of pyridine rings is 2. The SMILES string of the molecule is COc1cc(C(=O)Nc2ccc[n+](C)c2)ccc1NC(=O)c1ccc(C(=O)Nc2ccc(C(=O)Nc3ccc[n+](C)c3)cc2OC)cc1.Cc1ccc(S(=O)(=O)[O-])cc1.Cc1ccc(S(=O)(=O)[O-])cc1. The van der Waals surface area contributed by atoms with E-state index in [-0.39, 0.29) is 21.6 Å². The van der Waals surface area contributed by atoms with Gasteiger partial charge in [-0.3, -0.25) is 19.2 Å². The molecule has 362 valence electrons. The number of anilines is 4. The molecule has 0 fully saturated rings. The van der Waals surface area contributed by atoms with Gasteiger partial charge in [-0.25, -0.2) is 26.0 Å². The molecule has 0 atom stereocenters. The molecule has 0 bridgehead atoms. The number of benzene rings is 5. The highest BCUT2D eigenvalue weighted by molar-refractivity contribution is 7.86. The van der Waals surface area contributed by atoms with Gasteiger partial charge in [0.25, 0.3) is 23.6 Å². The Morgan fingerprint density at radius 1 is 0.457 bits per heavy atom. The van der Waals surface area contributed by atoms with E-state index in [2.05, 4.69) is 21.3 Å². The van der Waals surface area contributed by atoms with Crippen molar-refractivity contribution in [3.8, 4) is 11.5 Å². The van der Waals surface area contributed by atoms with Crippen LogP contribution in [0.1, 0.15) is 52.6 Å². The van der Waals surface area contributed by atoms with Crippen molar-refractivity contribution in [2.24, 2.45) is 14.1 Å². The van der Waals surface area contributed by atoms with Crippen molar-refractivity contribution in [2.75, 3.05) is 35.5 Å². The number of aromatic nitrogens is 2. The molecule has 18 nitrogen and oxygen atoms in total. The molecule has 0 aliphatic heterocycles. The van der Waals surface area contributed by atoms with E-state index in [1.807, 2.05) is 61.6 Å². The van der Waals surface area contributed by atoms with Gasteiger partial charge in [0, 0.05) is 34.4 Å². The molecule has 0 radical (unpaired) electrons. The van der Waals surface area contributed by atoms with Crippen LogP contribution < -0.4 is 39.9 Å². The quantitative estimate of drug-likeness (QED) is 0.0793. The van der Waals surface area contributed by atoms with Crippen LogP contribution in [0, 0.1) is 13.8 Å². The third-order valence-corrected chi connectivity index (χ3v) is 11.5. The lowest BCUT2D eigenvalue weighted by Crippen LogP contribution is -2.27. The largest absolute Gasteiger partial charge is 0.744 e. The van der Waals surface area contributed by atoms with Crippen molar-refractivity contribution in [2.45, 2.75) is 23.6 Å². The van der Waals surface area contributed by atoms with E-state index >= 15 is 0 Å². The van der Waals surface area contributed by atoms with E-state index in [9.17, 15) is 45.1 Å². The second kappa shape index (κ2) is 23.6. The van der Waals surface area contributed by atoms with Crippen LogP contribution in [0.5, 0.6) is 11.5 Å². The van der Waals surface area contributed by atoms with E-state index in [1.54, 1.807) is 73.1 Å². The number of hydrogen-bond donors (Lipinski definition) is 4. The smallest absolute Gasteiger partial charge is 0.255 e. The molecule has 7 rings (SSSR count). The first-order valence-corrected chi connectivity index (χ1v) is 23.6. The number of carbonyl (C=O) groups excluding carboxylic acids is 4. The van der Waals surface area contributed by atoms with Gasteiger partial charge in [-0.1, -0.05) is 35.4 Å². The second-order valence-corrected chi connectivity index (χ2v) is 18.0. The first-order valence-electron chi connectivity index (χ1n) is 20.8. The Balaban J connectivity index is 0.000000338. The Bertz CT molecular complexity index is 3020. The molecule has 4 N–H and O–H groups in total. The highest BCUT2D eigenvalue weighted by Crippen LogP contribution is 2.28. The molecule has 20 heteroatoms. The van der Waals surface area contributed by atoms with Crippen molar-refractivity contribution < 1.29 is 63.7 Å². The van der Waals surface area contributed by atoms with Crippen molar-refractivity contribution in [1.82, 2.24) is 0 Å². The minimum atomic E-state index is -4.27. The number of rotatable bonds is 12. The average molecular weight is 989 g/mol. The zero-order valence-electron chi connectivity index (χ0n) is 38.6. The fraction of sp³-hybridized carbons (Fsp3) is 0.120. The normalized spacial score (nSPS) is 10.7. The summed E-state index contributed by atoms with van der Waals surface area (Å²) in [5, 5.41) is 11.2. The van der Waals surface area contributed by atoms with Gasteiger partial charge in [0.05, 0.1) is 35.4 Å². The van der Waals surface area contributed by atoms with E-state index in [0.29, 0.717) is 56.5 Å². The molecule has 2 heterocycles. The maximum absolute atomic E-state index is 13.0. The second-order valence-electron chi connectivity index (χ2n) is 15.3. The Labute approximate surface area is 405 Å². The maximum atomic E-state index is 13.0. The van der Waals surface area contributed by atoms with Crippen LogP contribution in [0.25, 0.3) is 0 Å². The summed E-state index contributed by atoms with van der Waals surface area (Å²) < 4.78 is 76.8. The first kappa shape index (κ1) is 52.7. The molecule has 70 heavy (non-hydrogen) atoms. The van der Waals surface area contributed by atoms with Gasteiger partial charge in [-0.15, -0.1) is 0 Å². The van der Waals surface area contributed by atoms with Crippen LogP contribution in [0.15, 0.2) is 168 Å². The third-order valence-electron chi connectivity index (χ3n) is 9.85. The van der Waals surface area contributed by atoms with Crippen LogP contribution in [0.3, 0.4) is 0 Å². The van der Waals surface area contributed by atoms with Crippen molar-refractivity contribution >= 4 is 66.6 Å². The number of carbonyl (C=O) groups is 4. The van der Waals surface area contributed by atoms with Gasteiger partial charge in [0.1, 0.15) is 57.2 Å². The zero-order chi connectivity index (χ0) is 51.2. The monoisotopic (exact) mass is 988 g/mol. The maximum Gasteiger partial charge on any atom is 0.255 e. The number of ether oxygens (including phenoxy) is 2. The Hall–Kier alpha value is -8.30. The molecule has 7 aromatic rings. The number of nitrogens with zero attached hydrogens (tertiary/aromatic N) is 2. The van der Waals surface area contributed by atoms with E-state index in [0.717, 1.165) is 11.1 Å². The molecule has 0 aliphatic carbocycles. The number of aryl methyl sites for hydroxylation is 4. The van der Waals surface area contributed by atoms with Gasteiger partial charge in [0.2, 0.25) is 0 Å². The lowest BCUT2D eigenvalue weighted by molar-refractivity contribution is -0.670. The van der Waals surface area contributed by atoms with Crippen LogP contribution in [-0.4, -0.2) is 63.8 Å². The summed E-state index contributed by atoms with van der Waals surface area (Å²) in [4.78, 5) is 51.3. The van der Waals surface area contributed by atoms with E-state index in [4.69, 9.17) is 9.47 Å². The third kappa shape index (κ3) is 15.4. The predicted molar refractivity (Wildman–Crippen MR) is 258 cm³/mol. The molecule has 0 spiro atoms. The number of nitrogens with one attached hydrogen (secondary N) is 4. The fourth-order valence-electron chi connectivity index (χ4n) is 6.17. The van der Waals surface area contributed by atoms with E-state index in [1.165, 1.54) is 74.9 Å². The molecule has 0 saturated carbocycles. The number of amides is 4. The summed E-state index contributed by atoms with van der Waals surface area (Å²) in [5.41, 5.74) is 5.16. The van der Waals surface area contributed by atoms with Crippen LogP contribution >= 0.6 is 0 Å². The van der Waals surface area contributed by atoms with E-state index < -0.39 is 32.1 Å². The van der Waals surface area contributed by atoms with Crippen LogP contribution in [0.4, 0.5) is 22.7 Å². The highest BCUT2D eigenvalue weighted by atomic mass is 32.2. The summed E-state index contributed by atoms with van der Waals surface area (Å²) >= 11 is 0. The van der Waals surface area contributed by atoms with Crippen molar-refractivity contribution in [1.29, 1.82) is 0 Å². The molecular weight excluding hydrogens is 941 g/mol. The zero-order valence-corrected chi connectivity index (χ0v) is 40.3. The summed E-state index contributed by atoms with van der Waals surface area (Å²) in [6.45, 7) is 3.64. The molecule has 0 saturated heterocycles. The van der Waals surface area contributed by atoms with Gasteiger partial charge in [-0.05, 0) is 111 Å². The molecule has 5 aromatic carbocycles. The first-order chi connectivity index (χ1) is 33.1. The molecule has 0 aliphatic rings. The standard InChI is InChI=1S/C36H32N6O6.2C7H8O3S/c1-41-17-5-7-27(21-41)37-35(45)25-13-15-29(31(19-25)47-3)39-33(43)23-9-11-24(12-10-23)34(44)40-30-16-14-26(20-32(30)48-4)36(46)38-28-8-6-18-42(2)22-28;2*1-6-2-4-7(5-3-6)11(8,9)10/h5-22H,1-4H3,(H2-2,37,38,39,40,43,44,45,46);2*2-5H,1H3,(H,8,9,10). The summed E-state index contributed by atoms with van der Waals surface area (Å²) in [6, 6.07) is 34.3. The lowest BCUT2D eigenvalue weighted by Gasteiger charge is -2.13. The Kier molecular flexibility index (Phi) is 17.8. The highest BCUT2D eigenvalue weighted by Gasteiger charge is 2.17. The average Bonchev–Trinajstić information content (AvgIpc) is 3.32. The topological polar surface area (TPSA) is 257 Å². The summed E-state index contributed by atoms with van der Waals surface area (Å²) in [5.74, 6) is -0.928. The van der Waals surface area contributed by atoms with Gasteiger partial charge < -0.3 is 39.8 Å².